The van der Waals surface area contributed by atoms with Crippen molar-refractivity contribution >= 4 is 27.5 Å². The fourth-order valence-electron chi connectivity index (χ4n) is 1.04. The number of rotatable bonds is 1. The Bertz CT molecular complexity index is 408. The van der Waals surface area contributed by atoms with E-state index in [1.807, 2.05) is 24.3 Å². The number of hydrogen-bond donors (Lipinski definition) is 0. The van der Waals surface area contributed by atoms with E-state index in [0.717, 1.165) is 10.2 Å². The van der Waals surface area contributed by atoms with E-state index in [0.29, 0.717) is 5.02 Å². The Labute approximate surface area is 89.3 Å². The largest absolute Gasteiger partial charge is 0.239 e. The Kier molecular flexibility index (Phi) is 2.38. The molecule has 0 spiro atoms. The van der Waals surface area contributed by atoms with Gasteiger partial charge in [0.15, 0.2) is 0 Å². The van der Waals surface area contributed by atoms with Gasteiger partial charge in [0.05, 0.1) is 16.9 Å². The number of nitrogens with zero attached hydrogens (tertiary/aromatic N) is 2. The van der Waals surface area contributed by atoms with Crippen molar-refractivity contribution in [3.8, 4) is 5.69 Å². The molecule has 0 atom stereocenters. The normalized spacial score (nSPS) is 10.3. The maximum atomic E-state index is 5.75. The monoisotopic (exact) mass is 256 g/mol. The Morgan fingerprint density at radius 3 is 2.46 bits per heavy atom. The van der Waals surface area contributed by atoms with Crippen LogP contribution in [-0.4, -0.2) is 9.78 Å². The summed E-state index contributed by atoms with van der Waals surface area (Å²) in [5.74, 6) is 0. The third-order valence-electron chi connectivity index (χ3n) is 1.64. The van der Waals surface area contributed by atoms with Crippen LogP contribution in [0.15, 0.2) is 41.1 Å². The Hall–Kier alpha value is -0.800. The molecule has 0 saturated carbocycles. The minimum atomic E-state index is 0.642. The minimum absolute atomic E-state index is 0.642. The van der Waals surface area contributed by atoms with E-state index in [-0.39, 0.29) is 0 Å². The summed E-state index contributed by atoms with van der Waals surface area (Å²) in [5, 5.41) is 4.73. The van der Waals surface area contributed by atoms with Crippen LogP contribution < -0.4 is 0 Å². The van der Waals surface area contributed by atoms with Crippen molar-refractivity contribution in [3.63, 3.8) is 0 Å². The summed E-state index contributed by atoms with van der Waals surface area (Å²) < 4.78 is 2.78. The lowest BCUT2D eigenvalue weighted by molar-refractivity contribution is 0.880. The lowest BCUT2D eigenvalue weighted by Gasteiger charge is -1.99. The molecule has 2 rings (SSSR count). The van der Waals surface area contributed by atoms with Gasteiger partial charge in [-0.3, -0.25) is 0 Å². The standard InChI is InChI=1S/C9H6BrClN2/c10-7-1-3-9(4-2-7)13-6-8(11)5-12-13/h1-6H. The molecular weight excluding hydrogens is 251 g/mol. The summed E-state index contributed by atoms with van der Waals surface area (Å²) in [5.41, 5.74) is 0.995. The molecule has 4 heteroatoms. The highest BCUT2D eigenvalue weighted by atomic mass is 79.9. The molecule has 0 fully saturated rings. The highest BCUT2D eigenvalue weighted by Gasteiger charge is 1.97. The number of hydrogen-bond acceptors (Lipinski definition) is 1. The molecule has 2 nitrogen and oxygen atoms in total. The summed E-state index contributed by atoms with van der Waals surface area (Å²) in [4.78, 5) is 0. The molecule has 13 heavy (non-hydrogen) atoms. The molecule has 0 aliphatic heterocycles. The van der Waals surface area contributed by atoms with Crippen LogP contribution in [0.4, 0.5) is 0 Å². The molecule has 0 unspecified atom stereocenters. The van der Waals surface area contributed by atoms with E-state index < -0.39 is 0 Å². The highest BCUT2D eigenvalue weighted by molar-refractivity contribution is 9.10. The first kappa shape index (κ1) is 8.78. The van der Waals surface area contributed by atoms with Gasteiger partial charge in [-0.1, -0.05) is 27.5 Å². The van der Waals surface area contributed by atoms with Gasteiger partial charge < -0.3 is 0 Å². The van der Waals surface area contributed by atoms with E-state index in [2.05, 4.69) is 21.0 Å². The first-order valence-electron chi connectivity index (χ1n) is 3.72. The molecular formula is C9H6BrClN2. The van der Waals surface area contributed by atoms with Gasteiger partial charge >= 0.3 is 0 Å². The Morgan fingerprint density at radius 1 is 1.23 bits per heavy atom. The van der Waals surface area contributed by atoms with Crippen molar-refractivity contribution in [3.05, 3.63) is 46.2 Å². The van der Waals surface area contributed by atoms with Crippen LogP contribution in [0.3, 0.4) is 0 Å². The third kappa shape index (κ3) is 1.92. The molecule has 0 aliphatic rings. The van der Waals surface area contributed by atoms with Crippen LogP contribution in [-0.2, 0) is 0 Å². The lowest BCUT2D eigenvalue weighted by atomic mass is 10.3. The second-order valence-electron chi connectivity index (χ2n) is 2.58. The summed E-state index contributed by atoms with van der Waals surface area (Å²) in [6, 6.07) is 7.86. The third-order valence-corrected chi connectivity index (χ3v) is 2.37. The molecule has 1 aromatic heterocycles. The van der Waals surface area contributed by atoms with Gasteiger partial charge in [0.2, 0.25) is 0 Å². The van der Waals surface area contributed by atoms with Gasteiger partial charge in [-0.2, -0.15) is 5.10 Å². The molecule has 0 amide bonds. The zero-order chi connectivity index (χ0) is 9.26. The van der Waals surface area contributed by atoms with E-state index in [4.69, 9.17) is 11.6 Å². The average molecular weight is 258 g/mol. The van der Waals surface area contributed by atoms with E-state index in [1.165, 1.54) is 0 Å². The van der Waals surface area contributed by atoms with Gasteiger partial charge in [0, 0.05) is 10.7 Å². The lowest BCUT2D eigenvalue weighted by Crippen LogP contribution is -1.92. The molecule has 0 saturated heterocycles. The maximum Gasteiger partial charge on any atom is 0.0790 e. The summed E-state index contributed by atoms with van der Waals surface area (Å²) in [6.45, 7) is 0. The first-order valence-corrected chi connectivity index (χ1v) is 4.89. The van der Waals surface area contributed by atoms with E-state index >= 15 is 0 Å². The molecule has 1 heterocycles. The van der Waals surface area contributed by atoms with Crippen LogP contribution in [0.5, 0.6) is 0 Å². The van der Waals surface area contributed by atoms with Crippen molar-refractivity contribution < 1.29 is 0 Å². The SMILES string of the molecule is Clc1cnn(-c2ccc(Br)cc2)c1. The zero-order valence-electron chi connectivity index (χ0n) is 6.61. The van der Waals surface area contributed by atoms with Crippen LogP contribution in [0, 0.1) is 0 Å². The van der Waals surface area contributed by atoms with Crippen LogP contribution in [0.2, 0.25) is 5.02 Å². The smallest absolute Gasteiger partial charge is 0.0790 e. The summed E-state index contributed by atoms with van der Waals surface area (Å²) in [7, 11) is 0. The van der Waals surface area contributed by atoms with E-state index in [1.54, 1.807) is 17.1 Å². The summed E-state index contributed by atoms with van der Waals surface area (Å²) >= 11 is 9.12. The fraction of sp³-hybridized carbons (Fsp3) is 0. The van der Waals surface area contributed by atoms with Gasteiger partial charge in [-0.15, -0.1) is 0 Å². The molecule has 66 valence electrons. The van der Waals surface area contributed by atoms with Crippen molar-refractivity contribution in [2.24, 2.45) is 0 Å². The van der Waals surface area contributed by atoms with Crippen molar-refractivity contribution in [1.29, 1.82) is 0 Å². The second kappa shape index (κ2) is 3.52. The fourth-order valence-corrected chi connectivity index (χ4v) is 1.44. The second-order valence-corrected chi connectivity index (χ2v) is 3.93. The molecule has 2 aromatic rings. The van der Waals surface area contributed by atoms with Gasteiger partial charge in [0.1, 0.15) is 0 Å². The predicted octanol–water partition coefficient (Wildman–Crippen LogP) is 3.29. The number of aromatic nitrogens is 2. The van der Waals surface area contributed by atoms with E-state index in [9.17, 15) is 0 Å². The Morgan fingerprint density at radius 2 is 1.92 bits per heavy atom. The van der Waals surface area contributed by atoms with Crippen LogP contribution in [0.1, 0.15) is 0 Å². The average Bonchev–Trinajstić information content (AvgIpc) is 2.53. The topological polar surface area (TPSA) is 17.8 Å². The van der Waals surface area contributed by atoms with Crippen molar-refractivity contribution in [1.82, 2.24) is 9.78 Å². The quantitative estimate of drug-likeness (QED) is 0.766. The highest BCUT2D eigenvalue weighted by Crippen LogP contribution is 2.15. The number of halogens is 2. The van der Waals surface area contributed by atoms with Crippen LogP contribution in [0.25, 0.3) is 5.69 Å². The van der Waals surface area contributed by atoms with Gasteiger partial charge in [-0.25, -0.2) is 4.68 Å². The predicted molar refractivity (Wildman–Crippen MR) is 56.3 cm³/mol. The zero-order valence-corrected chi connectivity index (χ0v) is 8.96. The van der Waals surface area contributed by atoms with Crippen molar-refractivity contribution in [2.75, 3.05) is 0 Å². The molecule has 0 N–H and O–H groups in total. The minimum Gasteiger partial charge on any atom is -0.239 e. The molecule has 1 aromatic carbocycles. The van der Waals surface area contributed by atoms with Crippen LogP contribution >= 0.6 is 27.5 Å². The maximum absolute atomic E-state index is 5.75. The molecule has 0 bridgehead atoms. The number of benzene rings is 1. The van der Waals surface area contributed by atoms with Gasteiger partial charge in [0.25, 0.3) is 0 Å². The molecule has 0 aliphatic carbocycles. The van der Waals surface area contributed by atoms with Crippen molar-refractivity contribution in [2.45, 2.75) is 0 Å². The Balaban J connectivity index is 2.41. The summed E-state index contributed by atoms with van der Waals surface area (Å²) in [6.07, 6.45) is 3.38. The van der Waals surface area contributed by atoms with Gasteiger partial charge in [-0.05, 0) is 24.3 Å². The molecule has 0 radical (unpaired) electrons. The first-order chi connectivity index (χ1) is 6.25.